The number of ether oxygens (including phenoxy) is 1. The van der Waals surface area contributed by atoms with Gasteiger partial charge in [-0.15, -0.1) is 0 Å². The van der Waals surface area contributed by atoms with E-state index in [-0.39, 0.29) is 0 Å². The molecule has 0 spiro atoms. The van der Waals surface area contributed by atoms with E-state index in [0.29, 0.717) is 16.8 Å². The molecule has 2 unspecified atom stereocenters. The summed E-state index contributed by atoms with van der Waals surface area (Å²) in [5.74, 6) is -2.24. The standard InChI is InChI=1S/C29H37N5O5/c1-17-11-12-18(2)21(15-17)25(26(36)33-24-19(3)9-8-10-20(24)4)34(14-13-30)27(37)22(16-23(31)35)32-28(38)39-29(5,6)7/h8-12,15,22,25H,14,16H2,1-7H3,(H2,31,35)(H,32,38)(H,33,36). The molecule has 0 fully saturated rings. The van der Waals surface area contributed by atoms with Crippen molar-refractivity contribution in [3.8, 4) is 6.07 Å². The number of alkyl carbamates (subject to hydrolysis) is 1. The fourth-order valence-corrected chi connectivity index (χ4v) is 4.13. The van der Waals surface area contributed by atoms with Crippen molar-refractivity contribution in [2.75, 3.05) is 11.9 Å². The Morgan fingerprint density at radius 3 is 2.18 bits per heavy atom. The molecule has 2 atom stereocenters. The first kappa shape index (κ1) is 30.8. The zero-order chi connectivity index (χ0) is 29.5. The molecular weight excluding hydrogens is 498 g/mol. The molecule has 0 bridgehead atoms. The molecule has 0 heterocycles. The number of hydrogen-bond acceptors (Lipinski definition) is 6. The fraction of sp³-hybridized carbons (Fsp3) is 0.414. The van der Waals surface area contributed by atoms with E-state index in [0.717, 1.165) is 21.6 Å². The Morgan fingerprint density at radius 1 is 1.03 bits per heavy atom. The van der Waals surface area contributed by atoms with Crippen molar-refractivity contribution in [1.29, 1.82) is 5.26 Å². The summed E-state index contributed by atoms with van der Waals surface area (Å²) in [5, 5.41) is 15.0. The van der Waals surface area contributed by atoms with Crippen LogP contribution in [0.1, 0.15) is 61.1 Å². The van der Waals surface area contributed by atoms with E-state index in [9.17, 15) is 24.4 Å². The number of para-hydroxylation sites is 1. The van der Waals surface area contributed by atoms with Crippen LogP contribution in [0.5, 0.6) is 0 Å². The Balaban J connectivity index is 2.62. The second-order valence-corrected chi connectivity index (χ2v) is 10.5. The molecule has 10 heteroatoms. The number of nitrogens with two attached hydrogens (primary N) is 1. The molecule has 2 aromatic carbocycles. The van der Waals surface area contributed by atoms with Gasteiger partial charge in [-0.25, -0.2) is 4.79 Å². The average molecular weight is 536 g/mol. The lowest BCUT2D eigenvalue weighted by molar-refractivity contribution is -0.141. The van der Waals surface area contributed by atoms with Crippen molar-refractivity contribution in [3.05, 3.63) is 64.2 Å². The number of nitrogens with one attached hydrogen (secondary N) is 2. The SMILES string of the molecule is Cc1ccc(C)c(C(C(=O)Nc2c(C)cccc2C)N(CC#N)C(=O)C(CC(N)=O)NC(=O)OC(C)(C)C)c1. The van der Waals surface area contributed by atoms with Crippen molar-refractivity contribution in [2.24, 2.45) is 5.73 Å². The minimum Gasteiger partial charge on any atom is -0.444 e. The van der Waals surface area contributed by atoms with Crippen LogP contribution in [0.15, 0.2) is 36.4 Å². The summed E-state index contributed by atoms with van der Waals surface area (Å²) in [4.78, 5) is 53.3. The first-order valence-electron chi connectivity index (χ1n) is 12.5. The summed E-state index contributed by atoms with van der Waals surface area (Å²) < 4.78 is 5.26. The van der Waals surface area contributed by atoms with Crippen LogP contribution in [0.4, 0.5) is 10.5 Å². The first-order valence-corrected chi connectivity index (χ1v) is 12.5. The molecule has 2 aromatic rings. The van der Waals surface area contributed by atoms with Gasteiger partial charge in [-0.2, -0.15) is 5.26 Å². The van der Waals surface area contributed by atoms with Crippen molar-refractivity contribution < 1.29 is 23.9 Å². The van der Waals surface area contributed by atoms with Gasteiger partial charge in [-0.3, -0.25) is 14.4 Å². The first-order chi connectivity index (χ1) is 18.1. The summed E-state index contributed by atoms with van der Waals surface area (Å²) >= 11 is 0. The molecule has 39 heavy (non-hydrogen) atoms. The maximum absolute atomic E-state index is 13.9. The summed E-state index contributed by atoms with van der Waals surface area (Å²) in [6.07, 6.45) is -1.50. The van der Waals surface area contributed by atoms with Crippen molar-refractivity contribution in [1.82, 2.24) is 10.2 Å². The fourth-order valence-electron chi connectivity index (χ4n) is 4.13. The number of carbonyl (C=O) groups excluding carboxylic acids is 4. The highest BCUT2D eigenvalue weighted by molar-refractivity contribution is 6.00. The molecule has 0 aliphatic rings. The molecule has 208 valence electrons. The number of hydrogen-bond donors (Lipinski definition) is 3. The predicted molar refractivity (Wildman–Crippen MR) is 147 cm³/mol. The van der Waals surface area contributed by atoms with Crippen LogP contribution >= 0.6 is 0 Å². The predicted octanol–water partition coefficient (Wildman–Crippen LogP) is 3.72. The third-order valence-electron chi connectivity index (χ3n) is 5.94. The number of carbonyl (C=O) groups is 4. The number of primary amides is 1. The lowest BCUT2D eigenvalue weighted by atomic mass is 9.95. The van der Waals surface area contributed by atoms with E-state index in [4.69, 9.17) is 10.5 Å². The van der Waals surface area contributed by atoms with Crippen LogP contribution in [-0.2, 0) is 19.1 Å². The Labute approximate surface area is 229 Å². The summed E-state index contributed by atoms with van der Waals surface area (Å²) in [5.41, 5.74) is 8.79. The maximum atomic E-state index is 13.9. The Kier molecular flexibility index (Phi) is 10.2. The second kappa shape index (κ2) is 12.9. The van der Waals surface area contributed by atoms with Crippen molar-refractivity contribution in [3.63, 3.8) is 0 Å². The molecule has 0 radical (unpaired) electrons. The molecular formula is C29H37N5O5. The quantitative estimate of drug-likeness (QED) is 0.416. The highest BCUT2D eigenvalue weighted by Gasteiger charge is 2.38. The summed E-state index contributed by atoms with van der Waals surface area (Å²) in [7, 11) is 0. The topological polar surface area (TPSA) is 155 Å². The minimum atomic E-state index is -1.47. The smallest absolute Gasteiger partial charge is 0.408 e. The minimum absolute atomic E-state index is 0.498. The van der Waals surface area contributed by atoms with E-state index in [2.05, 4.69) is 10.6 Å². The van der Waals surface area contributed by atoms with Gasteiger partial charge in [0.25, 0.3) is 5.91 Å². The molecule has 10 nitrogen and oxygen atoms in total. The lowest BCUT2D eigenvalue weighted by Gasteiger charge is -2.33. The number of amides is 4. The van der Waals surface area contributed by atoms with Gasteiger partial charge in [0.05, 0.1) is 12.5 Å². The largest absolute Gasteiger partial charge is 0.444 e. The number of nitriles is 1. The number of anilines is 1. The summed E-state index contributed by atoms with van der Waals surface area (Å²) in [6.45, 7) is 11.8. The van der Waals surface area contributed by atoms with Gasteiger partial charge in [-0.05, 0) is 70.7 Å². The highest BCUT2D eigenvalue weighted by atomic mass is 16.6. The third-order valence-corrected chi connectivity index (χ3v) is 5.94. The molecule has 4 N–H and O–H groups in total. The van der Waals surface area contributed by atoms with Crippen LogP contribution in [0.3, 0.4) is 0 Å². The summed E-state index contributed by atoms with van der Waals surface area (Å²) in [6, 6.07) is 10.2. The Morgan fingerprint density at radius 2 is 1.64 bits per heavy atom. The van der Waals surface area contributed by atoms with E-state index in [1.165, 1.54) is 0 Å². The van der Waals surface area contributed by atoms with Crippen LogP contribution < -0.4 is 16.4 Å². The normalized spacial score (nSPS) is 12.5. The number of rotatable bonds is 9. The lowest BCUT2D eigenvalue weighted by Crippen LogP contribution is -2.53. The van der Waals surface area contributed by atoms with Crippen molar-refractivity contribution in [2.45, 2.75) is 72.6 Å². The van der Waals surface area contributed by atoms with Crippen LogP contribution in [0.25, 0.3) is 0 Å². The third kappa shape index (κ3) is 8.57. The Hall–Kier alpha value is -4.39. The molecule has 0 aliphatic carbocycles. The number of nitrogens with zero attached hydrogens (tertiary/aromatic N) is 2. The molecule has 4 amide bonds. The van der Waals surface area contributed by atoms with Gasteiger partial charge in [0.1, 0.15) is 24.2 Å². The van der Waals surface area contributed by atoms with Crippen LogP contribution in [-0.4, -0.2) is 46.9 Å². The highest BCUT2D eigenvalue weighted by Crippen LogP contribution is 2.29. The van der Waals surface area contributed by atoms with Gasteiger partial charge in [0.2, 0.25) is 11.8 Å². The van der Waals surface area contributed by atoms with E-state index in [1.807, 2.05) is 57.2 Å². The van der Waals surface area contributed by atoms with E-state index >= 15 is 0 Å². The zero-order valence-electron chi connectivity index (χ0n) is 23.5. The molecule has 2 rings (SSSR count). The maximum Gasteiger partial charge on any atom is 0.408 e. The van der Waals surface area contributed by atoms with Gasteiger partial charge >= 0.3 is 6.09 Å². The average Bonchev–Trinajstić information content (AvgIpc) is 2.81. The second-order valence-electron chi connectivity index (χ2n) is 10.5. The molecule has 0 saturated heterocycles. The Bertz CT molecular complexity index is 1270. The monoisotopic (exact) mass is 535 g/mol. The van der Waals surface area contributed by atoms with Gasteiger partial charge in [-0.1, -0.05) is 42.0 Å². The number of aryl methyl sites for hydroxylation is 4. The van der Waals surface area contributed by atoms with Gasteiger partial charge < -0.3 is 26.0 Å². The van der Waals surface area contributed by atoms with Gasteiger partial charge in [0.15, 0.2) is 0 Å². The van der Waals surface area contributed by atoms with E-state index < -0.39 is 54.5 Å². The molecule has 0 saturated carbocycles. The molecule has 0 aliphatic heterocycles. The van der Waals surface area contributed by atoms with Crippen LogP contribution in [0.2, 0.25) is 0 Å². The van der Waals surface area contributed by atoms with Gasteiger partial charge in [0, 0.05) is 5.69 Å². The van der Waals surface area contributed by atoms with Crippen molar-refractivity contribution >= 4 is 29.5 Å². The van der Waals surface area contributed by atoms with Crippen LogP contribution in [0, 0.1) is 39.0 Å². The number of benzene rings is 2. The molecule has 0 aromatic heterocycles. The van der Waals surface area contributed by atoms with E-state index in [1.54, 1.807) is 33.8 Å². The zero-order valence-corrected chi connectivity index (χ0v) is 23.5.